The number of nitrogens with zero attached hydrogens (tertiary/aromatic N) is 1. The maximum absolute atomic E-state index is 11.7. The van der Waals surface area contributed by atoms with Crippen molar-refractivity contribution in [2.75, 3.05) is 19.8 Å². The molecule has 0 aromatic carbocycles. The summed E-state index contributed by atoms with van der Waals surface area (Å²) in [4.78, 5) is 23.0. The summed E-state index contributed by atoms with van der Waals surface area (Å²) in [5.41, 5.74) is 3.37. The summed E-state index contributed by atoms with van der Waals surface area (Å²) in [5, 5.41) is 1.11. The topological polar surface area (TPSA) is 67.9 Å². The van der Waals surface area contributed by atoms with Gasteiger partial charge >= 0.3 is 12.2 Å². The summed E-state index contributed by atoms with van der Waals surface area (Å²) in [6, 6.07) is 0. The average molecular weight is 258 g/mol. The van der Waals surface area contributed by atoms with E-state index in [2.05, 4.69) is 5.43 Å². The fourth-order valence-electron chi connectivity index (χ4n) is 1.23. The Kier molecular flexibility index (Phi) is 8.43. The van der Waals surface area contributed by atoms with Crippen molar-refractivity contribution >= 4 is 12.2 Å². The summed E-state index contributed by atoms with van der Waals surface area (Å²) >= 11 is 0. The van der Waals surface area contributed by atoms with Crippen LogP contribution in [0, 0.1) is 0 Å². The Morgan fingerprint density at radius 3 is 2.22 bits per heavy atom. The van der Waals surface area contributed by atoms with E-state index in [-0.39, 0.29) is 19.8 Å². The Morgan fingerprint density at radius 2 is 1.78 bits per heavy atom. The summed E-state index contributed by atoms with van der Waals surface area (Å²) < 4.78 is 9.59. The fraction of sp³-hybridized carbons (Fsp3) is 0.667. The van der Waals surface area contributed by atoms with Gasteiger partial charge in [0.05, 0.1) is 19.8 Å². The number of carbonyl (C=O) groups excluding carboxylic acids is 2. The van der Waals surface area contributed by atoms with Crippen molar-refractivity contribution in [1.82, 2.24) is 10.4 Å². The molecule has 0 aliphatic heterocycles. The lowest BCUT2D eigenvalue weighted by Crippen LogP contribution is -2.47. The van der Waals surface area contributed by atoms with Crippen molar-refractivity contribution in [3.05, 3.63) is 11.6 Å². The van der Waals surface area contributed by atoms with Crippen LogP contribution >= 0.6 is 0 Å². The summed E-state index contributed by atoms with van der Waals surface area (Å²) in [6.45, 7) is 8.03. The fourth-order valence-corrected chi connectivity index (χ4v) is 1.23. The van der Waals surface area contributed by atoms with Crippen LogP contribution < -0.4 is 5.43 Å². The minimum absolute atomic E-state index is 0.243. The zero-order chi connectivity index (χ0) is 14.0. The molecular weight excluding hydrogens is 236 g/mol. The SMILES string of the molecule is C/C=C(\CC)CN(NC(=O)OCC)C(=O)OCC. The first-order valence-electron chi connectivity index (χ1n) is 6.10. The maximum atomic E-state index is 11.7. The molecule has 18 heavy (non-hydrogen) atoms. The molecule has 0 fully saturated rings. The molecular formula is C12H22N2O4. The zero-order valence-corrected chi connectivity index (χ0v) is 11.5. The molecule has 0 saturated carbocycles. The lowest BCUT2D eigenvalue weighted by molar-refractivity contribution is 0.0778. The number of carbonyl (C=O) groups is 2. The van der Waals surface area contributed by atoms with E-state index >= 15 is 0 Å². The second kappa shape index (κ2) is 9.32. The number of ether oxygens (including phenoxy) is 2. The molecule has 0 radical (unpaired) electrons. The Hall–Kier alpha value is -1.72. The van der Waals surface area contributed by atoms with Crippen molar-refractivity contribution in [1.29, 1.82) is 0 Å². The van der Waals surface area contributed by atoms with Crippen LogP contribution in [0.2, 0.25) is 0 Å². The first-order valence-corrected chi connectivity index (χ1v) is 6.10. The average Bonchev–Trinajstić information content (AvgIpc) is 2.35. The van der Waals surface area contributed by atoms with E-state index in [0.29, 0.717) is 0 Å². The molecule has 0 aromatic heterocycles. The molecule has 0 aliphatic carbocycles. The number of hydrogen-bond donors (Lipinski definition) is 1. The standard InChI is InChI=1S/C12H22N2O4/c1-5-10(6-2)9-14(12(16)18-8-4)13-11(15)17-7-3/h5H,6-9H2,1-4H3,(H,13,15)/b10-5+. The molecule has 0 spiro atoms. The molecule has 0 atom stereocenters. The van der Waals surface area contributed by atoms with Crippen molar-refractivity contribution in [3.8, 4) is 0 Å². The quantitative estimate of drug-likeness (QED) is 0.607. The Bertz CT molecular complexity index is 302. The summed E-state index contributed by atoms with van der Waals surface area (Å²) in [5.74, 6) is 0. The molecule has 2 amide bonds. The highest BCUT2D eigenvalue weighted by atomic mass is 16.6. The highest BCUT2D eigenvalue weighted by Gasteiger charge is 2.18. The number of allylic oxidation sites excluding steroid dienone is 1. The van der Waals surface area contributed by atoms with Gasteiger partial charge in [-0.1, -0.05) is 18.6 Å². The molecule has 0 unspecified atom stereocenters. The highest BCUT2D eigenvalue weighted by Crippen LogP contribution is 2.04. The molecule has 1 N–H and O–H groups in total. The number of amides is 2. The number of hydrogen-bond acceptors (Lipinski definition) is 4. The van der Waals surface area contributed by atoms with Gasteiger partial charge in [-0.25, -0.2) is 20.0 Å². The van der Waals surface area contributed by atoms with E-state index in [4.69, 9.17) is 9.47 Å². The predicted molar refractivity (Wildman–Crippen MR) is 67.9 cm³/mol. The third-order valence-electron chi connectivity index (χ3n) is 2.21. The molecule has 6 nitrogen and oxygen atoms in total. The van der Waals surface area contributed by atoms with Gasteiger partial charge in [0, 0.05) is 0 Å². The molecule has 0 aromatic rings. The van der Waals surface area contributed by atoms with Gasteiger partial charge in [0.25, 0.3) is 0 Å². The third kappa shape index (κ3) is 6.12. The van der Waals surface area contributed by atoms with Crippen LogP contribution in [-0.2, 0) is 9.47 Å². The Morgan fingerprint density at radius 1 is 1.17 bits per heavy atom. The van der Waals surface area contributed by atoms with E-state index in [9.17, 15) is 9.59 Å². The Balaban J connectivity index is 4.61. The van der Waals surface area contributed by atoms with Gasteiger partial charge in [-0.3, -0.25) is 0 Å². The number of nitrogens with one attached hydrogen (secondary N) is 1. The van der Waals surface area contributed by atoms with Gasteiger partial charge in [-0.15, -0.1) is 0 Å². The lowest BCUT2D eigenvalue weighted by Gasteiger charge is -2.22. The van der Waals surface area contributed by atoms with Crippen LogP contribution in [0.1, 0.15) is 34.1 Å². The molecule has 0 heterocycles. The Labute approximate surface area is 108 Å². The van der Waals surface area contributed by atoms with Crippen molar-refractivity contribution < 1.29 is 19.1 Å². The van der Waals surface area contributed by atoms with Crippen molar-refractivity contribution in [3.63, 3.8) is 0 Å². The number of rotatable bonds is 5. The van der Waals surface area contributed by atoms with Crippen LogP contribution in [0.25, 0.3) is 0 Å². The lowest BCUT2D eigenvalue weighted by atomic mass is 10.2. The molecule has 0 rings (SSSR count). The van der Waals surface area contributed by atoms with Gasteiger partial charge in [-0.2, -0.15) is 0 Å². The summed E-state index contributed by atoms with van der Waals surface area (Å²) in [6.07, 6.45) is 1.42. The molecule has 6 heteroatoms. The highest BCUT2D eigenvalue weighted by molar-refractivity contribution is 5.74. The minimum Gasteiger partial charge on any atom is -0.449 e. The second-order valence-electron chi connectivity index (χ2n) is 3.42. The third-order valence-corrected chi connectivity index (χ3v) is 2.21. The predicted octanol–water partition coefficient (Wildman–Crippen LogP) is 2.46. The van der Waals surface area contributed by atoms with E-state index in [1.165, 1.54) is 0 Å². The van der Waals surface area contributed by atoms with Crippen molar-refractivity contribution in [2.24, 2.45) is 0 Å². The van der Waals surface area contributed by atoms with E-state index in [0.717, 1.165) is 17.0 Å². The zero-order valence-electron chi connectivity index (χ0n) is 11.5. The minimum atomic E-state index is -0.669. The normalized spacial score (nSPS) is 10.8. The largest absolute Gasteiger partial charge is 0.449 e. The van der Waals surface area contributed by atoms with Gasteiger partial charge in [-0.05, 0) is 27.2 Å². The molecule has 0 bridgehead atoms. The van der Waals surface area contributed by atoms with Gasteiger partial charge in [0.15, 0.2) is 0 Å². The van der Waals surface area contributed by atoms with Gasteiger partial charge in [0.1, 0.15) is 0 Å². The second-order valence-corrected chi connectivity index (χ2v) is 3.42. The van der Waals surface area contributed by atoms with Crippen LogP contribution in [0.3, 0.4) is 0 Å². The molecule has 0 saturated heterocycles. The van der Waals surface area contributed by atoms with E-state index in [1.54, 1.807) is 13.8 Å². The first-order chi connectivity index (χ1) is 8.58. The molecule has 0 aliphatic rings. The monoisotopic (exact) mass is 258 g/mol. The van der Waals surface area contributed by atoms with Crippen LogP contribution in [-0.4, -0.2) is 37.0 Å². The maximum Gasteiger partial charge on any atom is 0.429 e. The summed E-state index contributed by atoms with van der Waals surface area (Å²) in [7, 11) is 0. The van der Waals surface area contributed by atoms with Crippen LogP contribution in [0.15, 0.2) is 11.6 Å². The molecule has 104 valence electrons. The van der Waals surface area contributed by atoms with E-state index in [1.807, 2.05) is 19.9 Å². The van der Waals surface area contributed by atoms with Crippen LogP contribution in [0.4, 0.5) is 9.59 Å². The van der Waals surface area contributed by atoms with Gasteiger partial charge in [0.2, 0.25) is 0 Å². The number of hydrazine groups is 1. The first kappa shape index (κ1) is 16.3. The van der Waals surface area contributed by atoms with Gasteiger partial charge < -0.3 is 9.47 Å². The van der Waals surface area contributed by atoms with Crippen molar-refractivity contribution in [2.45, 2.75) is 34.1 Å². The van der Waals surface area contributed by atoms with Crippen LogP contribution in [0.5, 0.6) is 0 Å². The van der Waals surface area contributed by atoms with E-state index < -0.39 is 12.2 Å². The smallest absolute Gasteiger partial charge is 0.429 e.